The number of hydrogen-bond donors (Lipinski definition) is 0. The molecule has 0 fully saturated rings. The molecule has 0 spiro atoms. The van der Waals surface area contributed by atoms with Crippen molar-refractivity contribution >= 4 is 70.8 Å². The second-order valence-electron chi connectivity index (χ2n) is 5.22. The van der Waals surface area contributed by atoms with Crippen molar-refractivity contribution in [2.75, 3.05) is 0 Å². The Kier molecular flexibility index (Phi) is 2.49. The van der Waals surface area contributed by atoms with Gasteiger partial charge in [-0.15, -0.1) is 0 Å². The van der Waals surface area contributed by atoms with E-state index in [-0.39, 0.29) is 0 Å². The maximum absolute atomic E-state index is 5.98. The lowest BCUT2D eigenvalue weighted by atomic mass is 10.0. The molecule has 1 aliphatic rings. The second kappa shape index (κ2) is 4.32. The molecule has 0 saturated carbocycles. The van der Waals surface area contributed by atoms with Gasteiger partial charge in [0.05, 0.1) is 22.9 Å². The number of furan rings is 2. The number of halogens is 2. The zero-order valence-electron chi connectivity index (χ0n) is 11.1. The Morgan fingerprint density at radius 2 is 1.64 bits per heavy atom. The average Bonchev–Trinajstić information content (AvgIpc) is 3.04. The molecule has 4 aromatic rings. The normalized spacial score (nSPS) is 13.6. The van der Waals surface area contributed by atoms with Crippen LogP contribution in [0.15, 0.2) is 54.2 Å². The van der Waals surface area contributed by atoms with E-state index in [1.54, 1.807) is 0 Å². The maximum Gasteiger partial charge on any atom is 0.303 e. The monoisotopic (exact) mass is 413 g/mol. The molecule has 22 heavy (non-hydrogen) atoms. The highest BCUT2D eigenvalue weighted by Gasteiger charge is 2.26. The number of benzene rings is 2. The van der Waals surface area contributed by atoms with Gasteiger partial charge >= 0.3 is 5.76 Å². The number of hydrogen-bond acceptors (Lipinski definition) is 2. The molecular weight excluding hydrogens is 408 g/mol. The van der Waals surface area contributed by atoms with Gasteiger partial charge in [0.2, 0.25) is 0 Å². The molecule has 1 aliphatic carbocycles. The van der Waals surface area contributed by atoms with Crippen molar-refractivity contribution in [3.8, 4) is 0 Å². The summed E-state index contributed by atoms with van der Waals surface area (Å²) in [5.41, 5.74) is 3.62. The lowest BCUT2D eigenvalue weighted by Crippen LogP contribution is -1.82. The number of fused-ring (bicyclic) bond motifs is 7. The van der Waals surface area contributed by atoms with Crippen molar-refractivity contribution in [2.45, 2.75) is 0 Å². The summed E-state index contributed by atoms with van der Waals surface area (Å²) in [5.74, 6) is 0.759. The van der Waals surface area contributed by atoms with Gasteiger partial charge < -0.3 is 8.83 Å². The molecule has 0 atom stereocenters. The van der Waals surface area contributed by atoms with Gasteiger partial charge in [-0.3, -0.25) is 0 Å². The topological polar surface area (TPSA) is 26.3 Å². The van der Waals surface area contributed by atoms with E-state index in [1.165, 1.54) is 0 Å². The maximum atomic E-state index is 5.98. The fourth-order valence-corrected chi connectivity index (χ4v) is 3.72. The van der Waals surface area contributed by atoms with Gasteiger partial charge in [0, 0.05) is 25.8 Å². The van der Waals surface area contributed by atoms with Crippen LogP contribution in [-0.4, -0.2) is 0 Å². The van der Waals surface area contributed by atoms with Crippen molar-refractivity contribution in [1.82, 2.24) is 0 Å². The quantitative estimate of drug-likeness (QED) is 0.305. The highest BCUT2D eigenvalue weighted by atomic mass is 79.9. The van der Waals surface area contributed by atoms with Gasteiger partial charge in [-0.2, -0.15) is 0 Å². The predicted molar refractivity (Wildman–Crippen MR) is 95.0 cm³/mol. The molecule has 104 valence electrons. The van der Waals surface area contributed by atoms with Crippen LogP contribution in [-0.2, 0) is 0 Å². The number of rotatable bonds is 0. The van der Waals surface area contributed by atoms with Crippen LogP contribution in [0.25, 0.3) is 39.0 Å². The van der Waals surface area contributed by atoms with E-state index in [1.807, 2.05) is 30.3 Å². The largest absolute Gasteiger partial charge is 0.456 e. The minimum atomic E-state index is 0.759. The second-order valence-corrected chi connectivity index (χ2v) is 7.05. The van der Waals surface area contributed by atoms with Gasteiger partial charge in [0.15, 0.2) is 5.58 Å². The smallest absolute Gasteiger partial charge is 0.303 e. The van der Waals surface area contributed by atoms with Gasteiger partial charge in [-0.1, -0.05) is 15.9 Å². The fourth-order valence-electron chi connectivity index (χ4n) is 3.01. The summed E-state index contributed by atoms with van der Waals surface area (Å²) >= 11 is 7.06. The first-order valence-electron chi connectivity index (χ1n) is 6.75. The highest BCUT2D eigenvalue weighted by Crippen LogP contribution is 2.41. The standard InChI is InChI=1S/C18H7Br2O2/c19-9-1-3-13-11(7-9)17-15(21-13)5-6-16-18(17)12-8-10(20)2-4-14(12)22-16/h1-3,5-8H/q+1. The van der Waals surface area contributed by atoms with Crippen LogP contribution < -0.4 is 0 Å². The third-order valence-electron chi connectivity index (χ3n) is 3.91. The summed E-state index contributed by atoms with van der Waals surface area (Å²) < 4.78 is 13.9. The molecule has 0 radical (unpaired) electrons. The van der Waals surface area contributed by atoms with E-state index in [9.17, 15) is 0 Å². The van der Waals surface area contributed by atoms with Gasteiger partial charge in [0.1, 0.15) is 27.3 Å². The molecule has 0 unspecified atom stereocenters. The molecule has 2 heterocycles. The molecule has 2 aromatic heterocycles. The number of allylic oxidation sites excluding steroid dienone is 2. The summed E-state index contributed by atoms with van der Waals surface area (Å²) in [6, 6.07) is 9.97. The molecule has 2 nitrogen and oxygen atoms in total. The van der Waals surface area contributed by atoms with Gasteiger partial charge in [-0.05, 0) is 30.3 Å². The Bertz CT molecular complexity index is 1140. The van der Waals surface area contributed by atoms with E-state index >= 15 is 0 Å². The van der Waals surface area contributed by atoms with E-state index < -0.39 is 0 Å². The Morgan fingerprint density at radius 1 is 0.864 bits per heavy atom. The SMILES string of the molecule is BrC1=Cc2c(oc3ccc4oc5ccc(Br)cc5c4c23)[C+]=C1. The lowest BCUT2D eigenvalue weighted by molar-refractivity contribution is 0.590. The van der Waals surface area contributed by atoms with Gasteiger partial charge in [0.25, 0.3) is 0 Å². The molecular formula is C18H7Br2O2+. The van der Waals surface area contributed by atoms with E-state index in [0.29, 0.717) is 0 Å². The summed E-state index contributed by atoms with van der Waals surface area (Å²) in [4.78, 5) is 0. The first-order chi connectivity index (χ1) is 10.7. The summed E-state index contributed by atoms with van der Waals surface area (Å²) in [5, 5.41) is 3.23. The van der Waals surface area contributed by atoms with Crippen LogP contribution in [0.5, 0.6) is 0 Å². The van der Waals surface area contributed by atoms with Crippen LogP contribution in [0.4, 0.5) is 0 Å². The molecule has 0 amide bonds. The first-order valence-corrected chi connectivity index (χ1v) is 8.33. The summed E-state index contributed by atoms with van der Waals surface area (Å²) in [7, 11) is 0. The minimum Gasteiger partial charge on any atom is -0.456 e. The van der Waals surface area contributed by atoms with Gasteiger partial charge in [-0.25, -0.2) is 0 Å². The lowest BCUT2D eigenvalue weighted by Gasteiger charge is -1.93. The zero-order chi connectivity index (χ0) is 14.8. The van der Waals surface area contributed by atoms with Crippen LogP contribution in [0.3, 0.4) is 0 Å². The fraction of sp³-hybridized carbons (Fsp3) is 0. The third kappa shape index (κ3) is 1.63. The average molecular weight is 415 g/mol. The summed E-state index contributed by atoms with van der Waals surface area (Å²) in [6.07, 6.45) is 7.10. The van der Waals surface area contributed by atoms with E-state index in [2.05, 4.69) is 50.1 Å². The Morgan fingerprint density at radius 3 is 2.50 bits per heavy atom. The molecule has 5 rings (SSSR count). The van der Waals surface area contributed by atoms with Crippen molar-refractivity contribution in [3.63, 3.8) is 0 Å². The molecule has 4 heteroatoms. The Balaban J connectivity index is 2.07. The molecule has 0 aliphatic heterocycles. The Hall–Kier alpha value is -1.87. The highest BCUT2D eigenvalue weighted by molar-refractivity contribution is 9.12. The van der Waals surface area contributed by atoms with Crippen molar-refractivity contribution in [1.29, 1.82) is 0 Å². The van der Waals surface area contributed by atoms with Crippen molar-refractivity contribution in [3.05, 3.63) is 62.8 Å². The molecule has 0 N–H and O–H groups in total. The third-order valence-corrected chi connectivity index (χ3v) is 4.86. The zero-order valence-corrected chi connectivity index (χ0v) is 14.3. The minimum absolute atomic E-state index is 0.759. The van der Waals surface area contributed by atoms with Crippen molar-refractivity contribution < 1.29 is 8.83 Å². The van der Waals surface area contributed by atoms with Crippen LogP contribution in [0, 0.1) is 6.08 Å². The molecule has 0 saturated heterocycles. The van der Waals surface area contributed by atoms with Crippen LogP contribution in [0.2, 0.25) is 0 Å². The van der Waals surface area contributed by atoms with E-state index in [4.69, 9.17) is 8.83 Å². The van der Waals surface area contributed by atoms with E-state index in [0.717, 1.165) is 53.2 Å². The predicted octanol–water partition coefficient (Wildman–Crippen LogP) is 6.55. The van der Waals surface area contributed by atoms with Crippen LogP contribution in [0.1, 0.15) is 11.3 Å². The first kappa shape index (κ1) is 12.7. The van der Waals surface area contributed by atoms with Crippen LogP contribution >= 0.6 is 31.9 Å². The van der Waals surface area contributed by atoms with Crippen molar-refractivity contribution in [2.24, 2.45) is 0 Å². The Labute approximate surface area is 142 Å². The summed E-state index contributed by atoms with van der Waals surface area (Å²) in [6.45, 7) is 0. The molecule has 2 aromatic carbocycles. The molecule has 0 bridgehead atoms.